The van der Waals surface area contributed by atoms with E-state index >= 15 is 0 Å². The van der Waals surface area contributed by atoms with E-state index in [4.69, 9.17) is 9.47 Å². The molecule has 0 radical (unpaired) electrons. The molecule has 1 fully saturated rings. The Balaban J connectivity index is 1.67. The standard InChI is InChI=1S/C21H34N2O3/c1-16(2)21(24)20-6-5-19(15-22-20)18-7-9-23(10-8-18)11-12-25-13-14-26-17(3)4/h5-6,15-18H,7-14H2,1-4H3. The van der Waals surface area contributed by atoms with E-state index in [1.54, 1.807) is 0 Å². The Hall–Kier alpha value is -1.30. The molecule has 0 N–H and O–H groups in total. The summed E-state index contributed by atoms with van der Waals surface area (Å²) in [6.45, 7) is 13.2. The maximum atomic E-state index is 12.0. The molecule has 0 saturated carbocycles. The molecule has 2 rings (SSSR count). The van der Waals surface area contributed by atoms with Crippen LogP contribution in [0.3, 0.4) is 0 Å². The van der Waals surface area contributed by atoms with Crippen LogP contribution in [-0.4, -0.2) is 61.2 Å². The minimum absolute atomic E-state index is 0.00394. The number of hydrogen-bond donors (Lipinski definition) is 0. The van der Waals surface area contributed by atoms with Gasteiger partial charge in [-0.3, -0.25) is 9.78 Å². The lowest BCUT2D eigenvalue weighted by Crippen LogP contribution is -2.35. The number of likely N-dealkylation sites (tertiary alicyclic amines) is 1. The van der Waals surface area contributed by atoms with Crippen LogP contribution in [0, 0.1) is 5.92 Å². The van der Waals surface area contributed by atoms with Gasteiger partial charge >= 0.3 is 0 Å². The molecule has 0 spiro atoms. The first kappa shape index (κ1) is 21.0. The predicted octanol–water partition coefficient (Wildman–Crippen LogP) is 3.54. The first-order valence-corrected chi connectivity index (χ1v) is 9.89. The number of carbonyl (C=O) groups is 1. The van der Waals surface area contributed by atoms with Gasteiger partial charge < -0.3 is 14.4 Å². The lowest BCUT2D eigenvalue weighted by molar-refractivity contribution is 0.0126. The van der Waals surface area contributed by atoms with Gasteiger partial charge in [0, 0.05) is 18.7 Å². The van der Waals surface area contributed by atoms with Gasteiger partial charge in [-0.2, -0.15) is 0 Å². The number of Topliss-reactive ketones (excluding diaryl/α,β-unsaturated/α-hetero) is 1. The maximum Gasteiger partial charge on any atom is 0.183 e. The molecular weight excluding hydrogens is 328 g/mol. The predicted molar refractivity (Wildman–Crippen MR) is 104 cm³/mol. The summed E-state index contributed by atoms with van der Waals surface area (Å²) in [5, 5.41) is 0. The SMILES string of the molecule is CC(C)OCCOCCN1CCC(c2ccc(C(=O)C(C)C)nc2)CC1. The van der Waals surface area contributed by atoms with Crippen molar-refractivity contribution in [3.63, 3.8) is 0 Å². The number of carbonyl (C=O) groups excluding carboxylic acids is 1. The topological polar surface area (TPSA) is 51.7 Å². The molecule has 1 saturated heterocycles. The molecule has 1 aromatic heterocycles. The number of nitrogens with zero attached hydrogens (tertiary/aromatic N) is 2. The van der Waals surface area contributed by atoms with Crippen LogP contribution < -0.4 is 0 Å². The molecule has 5 heteroatoms. The average molecular weight is 363 g/mol. The van der Waals surface area contributed by atoms with Crippen molar-refractivity contribution in [1.82, 2.24) is 9.88 Å². The number of piperidine rings is 1. The summed E-state index contributed by atoms with van der Waals surface area (Å²) in [6.07, 6.45) is 4.43. The first-order valence-electron chi connectivity index (χ1n) is 9.89. The number of ether oxygens (including phenoxy) is 2. The van der Waals surface area contributed by atoms with Crippen LogP contribution in [-0.2, 0) is 9.47 Å². The lowest BCUT2D eigenvalue weighted by Gasteiger charge is -2.32. The summed E-state index contributed by atoms with van der Waals surface area (Å²) < 4.78 is 11.1. The molecule has 1 aromatic rings. The van der Waals surface area contributed by atoms with Gasteiger partial charge in [0.15, 0.2) is 5.78 Å². The van der Waals surface area contributed by atoms with Crippen molar-refractivity contribution in [3.05, 3.63) is 29.6 Å². The number of rotatable bonds is 10. The van der Waals surface area contributed by atoms with Gasteiger partial charge in [0.25, 0.3) is 0 Å². The van der Waals surface area contributed by atoms with Crippen molar-refractivity contribution in [2.45, 2.75) is 52.6 Å². The second kappa shape index (κ2) is 10.8. The second-order valence-corrected chi connectivity index (χ2v) is 7.64. The Labute approximate surface area is 158 Å². The Bertz CT molecular complexity index is 535. The number of aromatic nitrogens is 1. The summed E-state index contributed by atoms with van der Waals surface area (Å²) in [5.41, 5.74) is 1.84. The van der Waals surface area contributed by atoms with Gasteiger partial charge in [-0.15, -0.1) is 0 Å². The molecule has 2 heterocycles. The second-order valence-electron chi connectivity index (χ2n) is 7.64. The normalized spacial score (nSPS) is 16.5. The summed E-state index contributed by atoms with van der Waals surface area (Å²) in [7, 11) is 0. The van der Waals surface area contributed by atoms with Crippen molar-refractivity contribution in [2.24, 2.45) is 5.92 Å². The van der Waals surface area contributed by atoms with E-state index in [0.29, 0.717) is 24.8 Å². The third-order valence-electron chi connectivity index (χ3n) is 4.85. The zero-order valence-electron chi connectivity index (χ0n) is 16.7. The van der Waals surface area contributed by atoms with Crippen molar-refractivity contribution < 1.29 is 14.3 Å². The molecule has 0 aromatic carbocycles. The van der Waals surface area contributed by atoms with Crippen molar-refractivity contribution in [1.29, 1.82) is 0 Å². The van der Waals surface area contributed by atoms with E-state index in [9.17, 15) is 4.79 Å². The number of ketones is 1. The van der Waals surface area contributed by atoms with Gasteiger partial charge in [-0.1, -0.05) is 19.9 Å². The fourth-order valence-electron chi connectivity index (χ4n) is 3.22. The number of hydrogen-bond acceptors (Lipinski definition) is 5. The van der Waals surface area contributed by atoms with E-state index in [1.165, 1.54) is 5.56 Å². The highest BCUT2D eigenvalue weighted by Crippen LogP contribution is 2.27. The van der Waals surface area contributed by atoms with E-state index < -0.39 is 0 Å². The molecule has 0 unspecified atom stereocenters. The van der Waals surface area contributed by atoms with Crippen LogP contribution in [0.15, 0.2) is 18.3 Å². The van der Waals surface area contributed by atoms with Crippen LogP contribution in [0.5, 0.6) is 0 Å². The Morgan fingerprint density at radius 2 is 1.88 bits per heavy atom. The van der Waals surface area contributed by atoms with Crippen LogP contribution in [0.2, 0.25) is 0 Å². The molecular formula is C21H34N2O3. The van der Waals surface area contributed by atoms with E-state index in [2.05, 4.69) is 16.0 Å². The van der Waals surface area contributed by atoms with E-state index in [0.717, 1.165) is 39.1 Å². The number of pyridine rings is 1. The molecule has 1 aliphatic heterocycles. The average Bonchev–Trinajstić information content (AvgIpc) is 2.64. The molecule has 0 aliphatic carbocycles. The van der Waals surface area contributed by atoms with Crippen LogP contribution >= 0.6 is 0 Å². The molecule has 1 aliphatic rings. The summed E-state index contributed by atoms with van der Waals surface area (Å²) in [5.74, 6) is 0.656. The highest BCUT2D eigenvalue weighted by atomic mass is 16.5. The first-order chi connectivity index (χ1) is 12.5. The summed E-state index contributed by atoms with van der Waals surface area (Å²) in [4.78, 5) is 18.8. The quantitative estimate of drug-likeness (QED) is 0.471. The lowest BCUT2D eigenvalue weighted by atomic mass is 9.90. The fourth-order valence-corrected chi connectivity index (χ4v) is 3.22. The van der Waals surface area contributed by atoms with Crippen LogP contribution in [0.1, 0.15) is 62.5 Å². The largest absolute Gasteiger partial charge is 0.378 e. The maximum absolute atomic E-state index is 12.0. The van der Waals surface area contributed by atoms with E-state index in [-0.39, 0.29) is 17.8 Å². The third-order valence-corrected chi connectivity index (χ3v) is 4.85. The van der Waals surface area contributed by atoms with Gasteiger partial charge in [0.05, 0.1) is 25.9 Å². The molecule has 26 heavy (non-hydrogen) atoms. The van der Waals surface area contributed by atoms with Crippen molar-refractivity contribution >= 4 is 5.78 Å². The molecule has 5 nitrogen and oxygen atoms in total. The third kappa shape index (κ3) is 6.78. The molecule has 0 atom stereocenters. The Morgan fingerprint density at radius 1 is 1.15 bits per heavy atom. The zero-order valence-corrected chi connectivity index (χ0v) is 16.7. The minimum atomic E-state index is -0.00394. The summed E-state index contributed by atoms with van der Waals surface area (Å²) >= 11 is 0. The van der Waals surface area contributed by atoms with Crippen molar-refractivity contribution in [3.8, 4) is 0 Å². The van der Waals surface area contributed by atoms with Gasteiger partial charge in [0.1, 0.15) is 5.69 Å². The van der Waals surface area contributed by atoms with E-state index in [1.807, 2.05) is 40.0 Å². The molecule has 146 valence electrons. The minimum Gasteiger partial charge on any atom is -0.378 e. The highest BCUT2D eigenvalue weighted by Gasteiger charge is 2.21. The fraction of sp³-hybridized carbons (Fsp3) is 0.714. The van der Waals surface area contributed by atoms with Gasteiger partial charge in [-0.05, 0) is 57.3 Å². The van der Waals surface area contributed by atoms with Crippen LogP contribution in [0.25, 0.3) is 0 Å². The van der Waals surface area contributed by atoms with Gasteiger partial charge in [-0.25, -0.2) is 0 Å². The summed E-state index contributed by atoms with van der Waals surface area (Å²) in [6, 6.07) is 3.97. The highest BCUT2D eigenvalue weighted by molar-refractivity contribution is 5.95. The van der Waals surface area contributed by atoms with Crippen molar-refractivity contribution in [2.75, 3.05) is 39.5 Å². The molecule has 0 bridgehead atoms. The van der Waals surface area contributed by atoms with Crippen LogP contribution in [0.4, 0.5) is 0 Å². The molecule has 0 amide bonds. The Kier molecular flexibility index (Phi) is 8.69. The Morgan fingerprint density at radius 3 is 2.46 bits per heavy atom. The monoisotopic (exact) mass is 362 g/mol. The smallest absolute Gasteiger partial charge is 0.183 e. The zero-order chi connectivity index (χ0) is 18.9. The van der Waals surface area contributed by atoms with Gasteiger partial charge in [0.2, 0.25) is 0 Å².